The molecule has 0 atom stereocenters. The summed E-state index contributed by atoms with van der Waals surface area (Å²) in [6.45, 7) is 2.08. The largest absolute Gasteiger partial charge is 0.454 e. The van der Waals surface area contributed by atoms with E-state index in [0.717, 1.165) is 44.8 Å². The number of benzene rings is 1. The maximum atomic E-state index is 12.6. The molecule has 0 unspecified atom stereocenters. The van der Waals surface area contributed by atoms with Gasteiger partial charge in [0.25, 0.3) is 23.4 Å². The fourth-order valence-corrected chi connectivity index (χ4v) is 5.10. The van der Waals surface area contributed by atoms with Gasteiger partial charge in [0.15, 0.2) is 6.61 Å². The maximum Gasteiger partial charge on any atom is 0.326 e. The van der Waals surface area contributed by atoms with Crippen molar-refractivity contribution >= 4 is 29.4 Å². The van der Waals surface area contributed by atoms with Crippen molar-refractivity contribution in [3.8, 4) is 0 Å². The van der Waals surface area contributed by atoms with Crippen molar-refractivity contribution in [2.24, 2.45) is 0 Å². The lowest BCUT2D eigenvalue weighted by atomic mass is 9.79. The molecule has 2 heterocycles. The van der Waals surface area contributed by atoms with Crippen LogP contribution >= 0.6 is 0 Å². The number of carbonyl (C=O) groups excluding carboxylic acids is 4. The van der Waals surface area contributed by atoms with Crippen LogP contribution in [-0.2, 0) is 19.1 Å². The van der Waals surface area contributed by atoms with Crippen molar-refractivity contribution in [3.63, 3.8) is 0 Å². The molecule has 1 aromatic rings. The number of fused-ring (bicyclic) bond motifs is 1. The van der Waals surface area contributed by atoms with Gasteiger partial charge in [0.1, 0.15) is 12.1 Å². The Morgan fingerprint density at radius 3 is 2.51 bits per heavy atom. The molecule has 2 fully saturated rings. The predicted molar refractivity (Wildman–Crippen MR) is 121 cm³/mol. The van der Waals surface area contributed by atoms with E-state index in [1.54, 1.807) is 0 Å². The van der Waals surface area contributed by atoms with Gasteiger partial charge < -0.3 is 14.8 Å². The van der Waals surface area contributed by atoms with Gasteiger partial charge in [-0.3, -0.25) is 39.1 Å². The summed E-state index contributed by atoms with van der Waals surface area (Å²) >= 11 is 0. The van der Waals surface area contributed by atoms with E-state index in [0.29, 0.717) is 24.7 Å². The fourth-order valence-electron chi connectivity index (χ4n) is 5.10. The average molecular weight is 488 g/mol. The summed E-state index contributed by atoms with van der Waals surface area (Å²) in [6.07, 6.45) is 5.28. The maximum absolute atomic E-state index is 12.6. The van der Waals surface area contributed by atoms with Crippen LogP contribution in [0.2, 0.25) is 0 Å². The molecule has 1 saturated heterocycles. The number of nitro groups is 1. The second-order valence-corrected chi connectivity index (χ2v) is 8.98. The average Bonchev–Trinajstić information content (AvgIpc) is 3.12. The van der Waals surface area contributed by atoms with Crippen molar-refractivity contribution < 1.29 is 33.6 Å². The summed E-state index contributed by atoms with van der Waals surface area (Å²) < 4.78 is 10.5. The molecule has 2 aliphatic heterocycles. The third kappa shape index (κ3) is 5.17. The summed E-state index contributed by atoms with van der Waals surface area (Å²) in [4.78, 5) is 63.2. The van der Waals surface area contributed by atoms with Gasteiger partial charge in [-0.2, -0.15) is 0 Å². The Labute approximate surface area is 201 Å². The second kappa shape index (κ2) is 10.5. The number of esters is 1. The summed E-state index contributed by atoms with van der Waals surface area (Å²) in [7, 11) is 0. The zero-order valence-corrected chi connectivity index (χ0v) is 19.3. The normalized spacial score (nSPS) is 19.8. The van der Waals surface area contributed by atoms with Crippen molar-refractivity contribution in [2.45, 2.75) is 37.6 Å². The van der Waals surface area contributed by atoms with Crippen molar-refractivity contribution in [1.29, 1.82) is 0 Å². The van der Waals surface area contributed by atoms with Gasteiger partial charge in [0.05, 0.1) is 23.7 Å². The van der Waals surface area contributed by atoms with E-state index in [1.807, 2.05) is 0 Å². The second-order valence-electron chi connectivity index (χ2n) is 8.98. The van der Waals surface area contributed by atoms with Gasteiger partial charge in [-0.05, 0) is 18.9 Å². The summed E-state index contributed by atoms with van der Waals surface area (Å²) in [5.41, 5.74) is -1.14. The number of rotatable bonds is 8. The number of imide groups is 1. The Bertz CT molecular complexity index is 1030. The van der Waals surface area contributed by atoms with E-state index in [2.05, 4.69) is 10.2 Å². The van der Waals surface area contributed by atoms with Crippen LogP contribution in [0.15, 0.2) is 18.2 Å². The fraction of sp³-hybridized carbons (Fsp3) is 0.565. The SMILES string of the molecule is O=C(COC(=O)CN1C(=O)c2cccc([N+](=O)[O-])c2C1=O)NCC1(N2CCOCC2)CCCCC1. The third-order valence-corrected chi connectivity index (χ3v) is 6.91. The molecule has 35 heavy (non-hydrogen) atoms. The van der Waals surface area contributed by atoms with Gasteiger partial charge in [0, 0.05) is 31.2 Å². The van der Waals surface area contributed by atoms with Gasteiger partial charge in [0.2, 0.25) is 0 Å². The summed E-state index contributed by atoms with van der Waals surface area (Å²) in [5.74, 6) is -3.20. The van der Waals surface area contributed by atoms with Gasteiger partial charge in [-0.1, -0.05) is 25.3 Å². The van der Waals surface area contributed by atoms with Crippen LogP contribution in [0, 0.1) is 10.1 Å². The Morgan fingerprint density at radius 1 is 1.11 bits per heavy atom. The van der Waals surface area contributed by atoms with E-state index >= 15 is 0 Å². The molecule has 12 heteroatoms. The molecule has 0 spiro atoms. The quantitative estimate of drug-likeness (QED) is 0.244. The van der Waals surface area contributed by atoms with Crippen molar-refractivity contribution in [3.05, 3.63) is 39.4 Å². The molecule has 1 saturated carbocycles. The molecular weight excluding hydrogens is 460 g/mol. The highest BCUT2D eigenvalue weighted by molar-refractivity contribution is 6.24. The number of hydrogen-bond acceptors (Lipinski definition) is 9. The zero-order valence-electron chi connectivity index (χ0n) is 19.3. The topological polar surface area (TPSA) is 148 Å². The Morgan fingerprint density at radius 2 is 1.83 bits per heavy atom. The molecular formula is C23H28N4O8. The molecule has 1 aliphatic carbocycles. The number of nitro benzene ring substituents is 1. The van der Waals surface area contributed by atoms with Crippen LogP contribution in [0.1, 0.15) is 52.8 Å². The lowest BCUT2D eigenvalue weighted by molar-refractivity contribution is -0.385. The van der Waals surface area contributed by atoms with Gasteiger partial charge in [-0.15, -0.1) is 0 Å². The van der Waals surface area contributed by atoms with E-state index in [1.165, 1.54) is 18.6 Å². The number of amides is 3. The first-order chi connectivity index (χ1) is 16.8. The number of hydrogen-bond donors (Lipinski definition) is 1. The van der Waals surface area contributed by atoms with Crippen LogP contribution in [0.4, 0.5) is 5.69 Å². The lowest BCUT2D eigenvalue weighted by Gasteiger charge is -2.48. The van der Waals surface area contributed by atoms with Crippen LogP contribution in [0.25, 0.3) is 0 Å². The zero-order chi connectivity index (χ0) is 25.0. The summed E-state index contributed by atoms with van der Waals surface area (Å²) in [6, 6.07) is 3.70. The molecule has 12 nitrogen and oxygen atoms in total. The van der Waals surface area contributed by atoms with Crippen LogP contribution < -0.4 is 5.32 Å². The van der Waals surface area contributed by atoms with Gasteiger partial charge in [-0.25, -0.2) is 0 Å². The Kier molecular flexibility index (Phi) is 7.41. The Hall–Kier alpha value is -3.38. The van der Waals surface area contributed by atoms with Crippen LogP contribution in [0.5, 0.6) is 0 Å². The lowest BCUT2D eigenvalue weighted by Crippen LogP contribution is -2.59. The number of carbonyl (C=O) groups is 4. The molecule has 0 aromatic heterocycles. The van der Waals surface area contributed by atoms with Crippen molar-refractivity contribution in [2.75, 3.05) is 46.0 Å². The first-order valence-corrected chi connectivity index (χ1v) is 11.7. The highest BCUT2D eigenvalue weighted by Crippen LogP contribution is 2.34. The number of nitrogens with one attached hydrogen (secondary N) is 1. The minimum Gasteiger partial charge on any atom is -0.454 e. The minimum absolute atomic E-state index is 0.142. The number of nitrogens with zero attached hydrogens (tertiary/aromatic N) is 3. The molecule has 3 aliphatic rings. The first kappa shape index (κ1) is 24.7. The Balaban J connectivity index is 1.30. The van der Waals surface area contributed by atoms with E-state index < -0.39 is 47.5 Å². The minimum atomic E-state index is -0.960. The molecule has 1 N–H and O–H groups in total. The van der Waals surface area contributed by atoms with E-state index in [9.17, 15) is 29.3 Å². The standard InChI is InChI=1S/C23H28N4O8/c28-18(24-15-23(7-2-1-3-8-23)25-9-11-34-12-10-25)14-35-19(29)13-26-21(30)16-5-4-6-17(27(32)33)20(16)22(26)31/h4-6H,1-3,7-15H2,(H,24,28). The predicted octanol–water partition coefficient (Wildman–Crippen LogP) is 0.885. The monoisotopic (exact) mass is 488 g/mol. The number of morpholine rings is 1. The number of ether oxygens (including phenoxy) is 2. The molecule has 4 rings (SSSR count). The van der Waals surface area contributed by atoms with Crippen molar-refractivity contribution in [1.82, 2.24) is 15.1 Å². The summed E-state index contributed by atoms with van der Waals surface area (Å²) in [5, 5.41) is 14.1. The molecule has 0 bridgehead atoms. The smallest absolute Gasteiger partial charge is 0.326 e. The highest BCUT2D eigenvalue weighted by Gasteiger charge is 2.42. The van der Waals surface area contributed by atoms with E-state index in [4.69, 9.17) is 9.47 Å². The molecule has 188 valence electrons. The third-order valence-electron chi connectivity index (χ3n) is 6.91. The molecule has 0 radical (unpaired) electrons. The van der Waals surface area contributed by atoms with Gasteiger partial charge >= 0.3 is 5.97 Å². The van der Waals surface area contributed by atoms with E-state index in [-0.39, 0.29) is 16.7 Å². The molecule has 1 aromatic carbocycles. The van der Waals surface area contributed by atoms with Crippen LogP contribution in [-0.4, -0.2) is 90.0 Å². The molecule has 3 amide bonds. The first-order valence-electron chi connectivity index (χ1n) is 11.7. The highest BCUT2D eigenvalue weighted by atomic mass is 16.6. The van der Waals surface area contributed by atoms with Crippen LogP contribution in [0.3, 0.4) is 0 Å².